The summed E-state index contributed by atoms with van der Waals surface area (Å²) in [7, 11) is 0. The van der Waals surface area contributed by atoms with E-state index in [1.165, 1.54) is 49.7 Å². The van der Waals surface area contributed by atoms with Crippen LogP contribution >= 0.6 is 23.2 Å². The number of alkyl halides is 1. The van der Waals surface area contributed by atoms with Gasteiger partial charge >= 0.3 is 0 Å². The molecule has 1 aromatic rings. The van der Waals surface area contributed by atoms with Crippen LogP contribution in [0, 0.1) is 19.8 Å². The van der Waals surface area contributed by atoms with Gasteiger partial charge in [0.15, 0.2) is 0 Å². The Morgan fingerprint density at radius 2 is 1.56 bits per heavy atom. The number of aryl methyl sites for hydroxylation is 2. The Labute approximate surface area is 121 Å². The van der Waals surface area contributed by atoms with E-state index < -0.39 is 0 Å². The lowest BCUT2D eigenvalue weighted by atomic mass is 9.90. The van der Waals surface area contributed by atoms with E-state index >= 15 is 0 Å². The third kappa shape index (κ3) is 3.22. The van der Waals surface area contributed by atoms with Gasteiger partial charge in [0.2, 0.25) is 0 Å². The van der Waals surface area contributed by atoms with E-state index in [9.17, 15) is 0 Å². The van der Waals surface area contributed by atoms with E-state index in [0.717, 1.165) is 10.6 Å². The molecule has 100 valence electrons. The first kappa shape index (κ1) is 14.2. The molecule has 0 N–H and O–H groups in total. The highest BCUT2D eigenvalue weighted by molar-refractivity contribution is 6.33. The van der Waals surface area contributed by atoms with Gasteiger partial charge in [0, 0.05) is 5.02 Å². The zero-order valence-electron chi connectivity index (χ0n) is 11.3. The standard InChI is InChI=1S/C16H22Cl2/c1-11-9-14(15(17)10-12(11)2)16(18)13-7-5-3-4-6-8-13/h9-10,13,16H,3-8H2,1-2H3. The van der Waals surface area contributed by atoms with Gasteiger partial charge in [0.25, 0.3) is 0 Å². The number of benzene rings is 1. The molecule has 0 aliphatic heterocycles. The fourth-order valence-corrected chi connectivity index (χ4v) is 3.70. The van der Waals surface area contributed by atoms with Gasteiger partial charge in [0.1, 0.15) is 0 Å². The van der Waals surface area contributed by atoms with Gasteiger partial charge in [-0.3, -0.25) is 0 Å². The van der Waals surface area contributed by atoms with E-state index in [0.29, 0.717) is 5.92 Å². The van der Waals surface area contributed by atoms with Crippen LogP contribution in [0.25, 0.3) is 0 Å². The largest absolute Gasteiger partial charge is 0.117 e. The number of halogens is 2. The van der Waals surface area contributed by atoms with Crippen molar-refractivity contribution in [2.45, 2.75) is 57.7 Å². The molecule has 1 aliphatic rings. The summed E-state index contributed by atoms with van der Waals surface area (Å²) in [6.45, 7) is 4.23. The molecule has 0 aromatic heterocycles. The monoisotopic (exact) mass is 284 g/mol. The molecule has 1 atom stereocenters. The van der Waals surface area contributed by atoms with Crippen LogP contribution < -0.4 is 0 Å². The van der Waals surface area contributed by atoms with Crippen molar-refractivity contribution in [2.75, 3.05) is 0 Å². The first-order chi connectivity index (χ1) is 8.59. The second-order valence-electron chi connectivity index (χ2n) is 5.61. The second-order valence-corrected chi connectivity index (χ2v) is 6.49. The zero-order valence-corrected chi connectivity index (χ0v) is 12.8. The normalized spacial score (nSPS) is 19.6. The Hall–Kier alpha value is -0.200. The molecule has 0 spiro atoms. The fraction of sp³-hybridized carbons (Fsp3) is 0.625. The lowest BCUT2D eigenvalue weighted by Crippen LogP contribution is -2.08. The molecule has 0 nitrogen and oxygen atoms in total. The van der Waals surface area contributed by atoms with Gasteiger partial charge < -0.3 is 0 Å². The van der Waals surface area contributed by atoms with E-state index in [2.05, 4.69) is 26.0 Å². The molecule has 0 heterocycles. The first-order valence-corrected chi connectivity index (χ1v) is 7.81. The van der Waals surface area contributed by atoms with Crippen LogP contribution in [0.1, 0.15) is 60.6 Å². The molecule has 2 rings (SSSR count). The van der Waals surface area contributed by atoms with Crippen molar-refractivity contribution in [1.82, 2.24) is 0 Å². The Kier molecular flexibility index (Phi) is 4.98. The molecule has 1 unspecified atom stereocenters. The topological polar surface area (TPSA) is 0 Å². The molecule has 0 bridgehead atoms. The van der Waals surface area contributed by atoms with Gasteiger partial charge in [-0.15, -0.1) is 11.6 Å². The average Bonchev–Trinajstić information content (AvgIpc) is 2.61. The fourth-order valence-electron chi connectivity index (χ4n) is 2.87. The van der Waals surface area contributed by atoms with Gasteiger partial charge in [-0.05, 0) is 55.4 Å². The number of hydrogen-bond acceptors (Lipinski definition) is 0. The Morgan fingerprint density at radius 3 is 2.17 bits per heavy atom. The Balaban J connectivity index is 2.21. The van der Waals surface area contributed by atoms with Crippen molar-refractivity contribution < 1.29 is 0 Å². The van der Waals surface area contributed by atoms with Crippen LogP contribution in [0.3, 0.4) is 0 Å². The Morgan fingerprint density at radius 1 is 1.00 bits per heavy atom. The average molecular weight is 285 g/mol. The molecule has 1 saturated carbocycles. The quantitative estimate of drug-likeness (QED) is 0.448. The minimum Gasteiger partial charge on any atom is -0.117 e. The Bertz CT molecular complexity index is 404. The number of rotatable bonds is 2. The molecule has 2 heteroatoms. The molecule has 0 radical (unpaired) electrons. The van der Waals surface area contributed by atoms with E-state index in [-0.39, 0.29) is 5.38 Å². The van der Waals surface area contributed by atoms with Crippen molar-refractivity contribution in [3.8, 4) is 0 Å². The van der Waals surface area contributed by atoms with Crippen LogP contribution in [0.2, 0.25) is 5.02 Å². The van der Waals surface area contributed by atoms with Crippen molar-refractivity contribution >= 4 is 23.2 Å². The van der Waals surface area contributed by atoms with Crippen molar-refractivity contribution in [1.29, 1.82) is 0 Å². The highest BCUT2D eigenvalue weighted by Crippen LogP contribution is 2.41. The highest BCUT2D eigenvalue weighted by atomic mass is 35.5. The van der Waals surface area contributed by atoms with Crippen LogP contribution in [-0.2, 0) is 0 Å². The van der Waals surface area contributed by atoms with Crippen LogP contribution in [-0.4, -0.2) is 0 Å². The van der Waals surface area contributed by atoms with Crippen LogP contribution in [0.4, 0.5) is 0 Å². The molecule has 1 fully saturated rings. The predicted molar refractivity (Wildman–Crippen MR) is 80.7 cm³/mol. The van der Waals surface area contributed by atoms with Gasteiger partial charge in [-0.1, -0.05) is 43.4 Å². The summed E-state index contributed by atoms with van der Waals surface area (Å²) in [5, 5.41) is 0.914. The lowest BCUT2D eigenvalue weighted by Gasteiger charge is -2.22. The molecule has 0 saturated heterocycles. The summed E-state index contributed by atoms with van der Waals surface area (Å²) in [5.74, 6) is 0.591. The molecule has 0 amide bonds. The third-order valence-corrected chi connectivity index (χ3v) is 5.14. The maximum Gasteiger partial charge on any atom is 0.0628 e. The van der Waals surface area contributed by atoms with E-state index in [4.69, 9.17) is 23.2 Å². The summed E-state index contributed by atoms with van der Waals surface area (Å²) in [4.78, 5) is 0. The van der Waals surface area contributed by atoms with Gasteiger partial charge in [-0.2, -0.15) is 0 Å². The van der Waals surface area contributed by atoms with Gasteiger partial charge in [0.05, 0.1) is 5.38 Å². The lowest BCUT2D eigenvalue weighted by molar-refractivity contribution is 0.445. The van der Waals surface area contributed by atoms with Crippen molar-refractivity contribution in [3.05, 3.63) is 33.8 Å². The van der Waals surface area contributed by atoms with E-state index in [1.807, 2.05) is 0 Å². The molecule has 1 aliphatic carbocycles. The van der Waals surface area contributed by atoms with Crippen molar-refractivity contribution in [3.63, 3.8) is 0 Å². The van der Waals surface area contributed by atoms with Crippen molar-refractivity contribution in [2.24, 2.45) is 5.92 Å². The zero-order chi connectivity index (χ0) is 13.1. The molecule has 1 aromatic carbocycles. The summed E-state index contributed by atoms with van der Waals surface area (Å²) in [6, 6.07) is 4.23. The first-order valence-electron chi connectivity index (χ1n) is 7.00. The molecular weight excluding hydrogens is 263 g/mol. The number of hydrogen-bond donors (Lipinski definition) is 0. The summed E-state index contributed by atoms with van der Waals surface area (Å²) < 4.78 is 0. The molecule has 18 heavy (non-hydrogen) atoms. The minimum atomic E-state index is 0.0786. The predicted octanol–water partition coefficient (Wildman–Crippen LogP) is 6.21. The second kappa shape index (κ2) is 6.30. The van der Waals surface area contributed by atoms with Crippen LogP contribution in [0.15, 0.2) is 12.1 Å². The summed E-state index contributed by atoms with van der Waals surface area (Å²) in [6.07, 6.45) is 7.85. The SMILES string of the molecule is Cc1cc(Cl)c(C(Cl)C2CCCCCC2)cc1C. The maximum atomic E-state index is 6.70. The summed E-state index contributed by atoms with van der Waals surface area (Å²) in [5.41, 5.74) is 3.66. The third-order valence-electron chi connectivity index (χ3n) is 4.22. The minimum absolute atomic E-state index is 0.0786. The maximum absolute atomic E-state index is 6.70. The summed E-state index contributed by atoms with van der Waals surface area (Å²) >= 11 is 13.1. The van der Waals surface area contributed by atoms with E-state index in [1.54, 1.807) is 0 Å². The van der Waals surface area contributed by atoms with Crippen LogP contribution in [0.5, 0.6) is 0 Å². The molecular formula is C16H22Cl2. The highest BCUT2D eigenvalue weighted by Gasteiger charge is 2.24. The smallest absolute Gasteiger partial charge is 0.0628 e. The van der Waals surface area contributed by atoms with Gasteiger partial charge in [-0.25, -0.2) is 0 Å².